The van der Waals surface area contributed by atoms with Crippen LogP contribution in [0.5, 0.6) is 0 Å². The Morgan fingerprint density at radius 1 is 0.806 bits per heavy atom. The number of hydrogen-bond donors (Lipinski definition) is 0. The molecule has 31 heavy (non-hydrogen) atoms. The van der Waals surface area contributed by atoms with Crippen LogP contribution >= 0.6 is 0 Å². The molecule has 0 unspecified atom stereocenters. The first-order valence-corrected chi connectivity index (χ1v) is 13.5. The Hall–Kier alpha value is -1.48. The molecule has 1 aromatic carbocycles. The van der Waals surface area contributed by atoms with Crippen LogP contribution in [0.15, 0.2) is 36.4 Å². The first kappa shape index (κ1) is 24.2. The van der Waals surface area contributed by atoms with E-state index in [1.54, 1.807) is 5.56 Å². The third-order valence-electron chi connectivity index (χ3n) is 7.84. The van der Waals surface area contributed by atoms with Gasteiger partial charge in [0.2, 0.25) is 0 Å². The minimum atomic E-state index is 0.610. The quantitative estimate of drug-likeness (QED) is 0.277. The summed E-state index contributed by atoms with van der Waals surface area (Å²) in [6, 6.07) is 9.51. The minimum absolute atomic E-state index is 0.610. The van der Waals surface area contributed by atoms with Gasteiger partial charge in [0.1, 0.15) is 0 Å². The average molecular weight is 419 g/mol. The molecule has 0 atom stereocenters. The molecule has 170 valence electrons. The van der Waals surface area contributed by atoms with Gasteiger partial charge in [-0.1, -0.05) is 88.1 Å². The van der Waals surface area contributed by atoms with Crippen molar-refractivity contribution in [2.24, 2.45) is 17.8 Å². The highest BCUT2D eigenvalue weighted by atomic mass is 14.3. The predicted molar refractivity (Wildman–Crippen MR) is 136 cm³/mol. The molecule has 0 heterocycles. The Morgan fingerprint density at radius 2 is 1.52 bits per heavy atom. The van der Waals surface area contributed by atoms with Gasteiger partial charge >= 0.3 is 0 Å². The van der Waals surface area contributed by atoms with Crippen LogP contribution in [0.1, 0.15) is 121 Å². The molecule has 0 N–H and O–H groups in total. The van der Waals surface area contributed by atoms with E-state index in [2.05, 4.69) is 62.1 Å². The van der Waals surface area contributed by atoms with Crippen molar-refractivity contribution in [1.82, 2.24) is 0 Å². The molecule has 2 saturated carbocycles. The third kappa shape index (κ3) is 8.52. The summed E-state index contributed by atoms with van der Waals surface area (Å²) in [6.45, 7) is 4.58. The molecule has 0 bridgehead atoms. The minimum Gasteiger partial charge on any atom is -0.0951 e. The maximum Gasteiger partial charge on any atom is 0.0206 e. The monoisotopic (exact) mass is 418 g/mol. The van der Waals surface area contributed by atoms with E-state index in [1.165, 1.54) is 102 Å². The van der Waals surface area contributed by atoms with E-state index in [-0.39, 0.29) is 0 Å². The number of benzene rings is 1. The Bertz CT molecular complexity index is 682. The maximum absolute atomic E-state index is 3.57. The molecular weight excluding hydrogens is 372 g/mol. The third-order valence-corrected chi connectivity index (χ3v) is 7.84. The fourth-order valence-corrected chi connectivity index (χ4v) is 5.61. The second kappa shape index (κ2) is 13.8. The van der Waals surface area contributed by atoms with E-state index < -0.39 is 0 Å². The Morgan fingerprint density at radius 3 is 2.19 bits per heavy atom. The second-order valence-corrected chi connectivity index (χ2v) is 10.3. The van der Waals surface area contributed by atoms with Crippen molar-refractivity contribution in [3.8, 4) is 11.8 Å². The van der Waals surface area contributed by atoms with Crippen LogP contribution in [0.25, 0.3) is 0 Å². The van der Waals surface area contributed by atoms with Crippen LogP contribution in [0.3, 0.4) is 0 Å². The van der Waals surface area contributed by atoms with Gasteiger partial charge in [-0.2, -0.15) is 0 Å². The summed E-state index contributed by atoms with van der Waals surface area (Å²) in [5, 5.41) is 0. The number of aryl methyl sites for hydroxylation is 1. The molecule has 2 aliphatic rings. The van der Waals surface area contributed by atoms with Crippen molar-refractivity contribution < 1.29 is 0 Å². The van der Waals surface area contributed by atoms with Gasteiger partial charge in [0.25, 0.3) is 0 Å². The van der Waals surface area contributed by atoms with Crippen molar-refractivity contribution >= 4 is 0 Å². The van der Waals surface area contributed by atoms with Gasteiger partial charge in [0.15, 0.2) is 0 Å². The van der Waals surface area contributed by atoms with Gasteiger partial charge in [-0.3, -0.25) is 0 Å². The number of hydrogen-bond acceptors (Lipinski definition) is 0. The molecular formula is C31H46. The highest BCUT2D eigenvalue weighted by Gasteiger charge is 2.21. The highest BCUT2D eigenvalue weighted by Crippen LogP contribution is 2.36. The largest absolute Gasteiger partial charge is 0.0951 e. The summed E-state index contributed by atoms with van der Waals surface area (Å²) in [5.41, 5.74) is 3.05. The average Bonchev–Trinajstić information content (AvgIpc) is 2.82. The van der Waals surface area contributed by atoms with Crippen LogP contribution in [-0.4, -0.2) is 0 Å². The maximum atomic E-state index is 3.57. The molecule has 0 aromatic heterocycles. The van der Waals surface area contributed by atoms with Gasteiger partial charge in [0.05, 0.1) is 0 Å². The van der Waals surface area contributed by atoms with Crippen molar-refractivity contribution in [2.45, 2.75) is 116 Å². The summed E-state index contributed by atoms with van der Waals surface area (Å²) in [4.78, 5) is 0. The highest BCUT2D eigenvalue weighted by molar-refractivity contribution is 5.26. The number of rotatable bonds is 9. The van der Waals surface area contributed by atoms with E-state index in [0.717, 1.165) is 17.8 Å². The van der Waals surface area contributed by atoms with Crippen molar-refractivity contribution in [3.05, 3.63) is 47.5 Å². The van der Waals surface area contributed by atoms with E-state index in [9.17, 15) is 0 Å². The predicted octanol–water partition coefficient (Wildman–Crippen LogP) is 9.25. The first-order chi connectivity index (χ1) is 15.3. The lowest BCUT2D eigenvalue weighted by atomic mass is 9.78. The molecule has 2 fully saturated rings. The van der Waals surface area contributed by atoms with Crippen LogP contribution < -0.4 is 0 Å². The van der Waals surface area contributed by atoms with Crippen molar-refractivity contribution in [1.29, 1.82) is 0 Å². The lowest BCUT2D eigenvalue weighted by Gasteiger charge is -2.26. The SMILES string of the molecule is CCCCCC1CCC(C=CC#CC2CCC(c3ccc(CCCC)cc3)CC2)CC1. The van der Waals surface area contributed by atoms with Crippen LogP contribution in [0.4, 0.5) is 0 Å². The normalized spacial score (nSPS) is 26.5. The van der Waals surface area contributed by atoms with E-state index in [4.69, 9.17) is 0 Å². The second-order valence-electron chi connectivity index (χ2n) is 10.3. The molecule has 0 aliphatic heterocycles. The summed E-state index contributed by atoms with van der Waals surface area (Å²) in [5.74, 6) is 10.1. The lowest BCUT2D eigenvalue weighted by molar-refractivity contribution is 0.289. The fourth-order valence-electron chi connectivity index (χ4n) is 5.61. The molecule has 0 amide bonds. The van der Waals surface area contributed by atoms with E-state index in [1.807, 2.05) is 0 Å². The Balaban J connectivity index is 1.34. The standard InChI is InChI=1S/C31H46/c1-3-5-7-11-27-14-16-28(17-15-27)12-8-9-13-29-20-24-31(25-21-29)30-22-18-26(19-23-30)10-6-4-2/h8,12,18-19,22-23,27-29,31H,3-7,10-11,14-17,20-21,24-25H2,1-2H3. The molecule has 0 nitrogen and oxygen atoms in total. The molecule has 0 heteroatoms. The summed E-state index contributed by atoms with van der Waals surface area (Å²) >= 11 is 0. The Labute approximate surface area is 193 Å². The van der Waals surface area contributed by atoms with Crippen LogP contribution in [0, 0.1) is 29.6 Å². The lowest BCUT2D eigenvalue weighted by Crippen LogP contribution is -2.13. The zero-order valence-corrected chi connectivity index (χ0v) is 20.4. The molecule has 0 saturated heterocycles. The smallest absolute Gasteiger partial charge is 0.0206 e. The number of allylic oxidation sites excluding steroid dienone is 2. The number of unbranched alkanes of at least 4 members (excludes halogenated alkanes) is 3. The van der Waals surface area contributed by atoms with Gasteiger partial charge in [-0.15, -0.1) is 0 Å². The Kier molecular flexibility index (Phi) is 10.8. The molecule has 0 radical (unpaired) electrons. The van der Waals surface area contributed by atoms with Gasteiger partial charge in [0, 0.05) is 5.92 Å². The summed E-state index contributed by atoms with van der Waals surface area (Å²) < 4.78 is 0. The van der Waals surface area contributed by atoms with Crippen LogP contribution in [0.2, 0.25) is 0 Å². The van der Waals surface area contributed by atoms with Gasteiger partial charge in [-0.05, 0) is 99.2 Å². The van der Waals surface area contributed by atoms with Gasteiger partial charge in [-0.25, -0.2) is 0 Å². The molecule has 0 spiro atoms. The zero-order chi connectivity index (χ0) is 21.7. The molecule has 1 aromatic rings. The topological polar surface area (TPSA) is 0 Å². The van der Waals surface area contributed by atoms with E-state index in [0.29, 0.717) is 5.92 Å². The first-order valence-electron chi connectivity index (χ1n) is 13.5. The summed E-state index contributed by atoms with van der Waals surface area (Å²) in [7, 11) is 0. The summed E-state index contributed by atoms with van der Waals surface area (Å²) in [6.07, 6.45) is 24.9. The molecule has 2 aliphatic carbocycles. The fraction of sp³-hybridized carbons (Fsp3) is 0.677. The van der Waals surface area contributed by atoms with Gasteiger partial charge < -0.3 is 0 Å². The van der Waals surface area contributed by atoms with E-state index >= 15 is 0 Å². The van der Waals surface area contributed by atoms with Crippen molar-refractivity contribution in [2.75, 3.05) is 0 Å². The van der Waals surface area contributed by atoms with Crippen molar-refractivity contribution in [3.63, 3.8) is 0 Å². The van der Waals surface area contributed by atoms with Crippen LogP contribution in [-0.2, 0) is 6.42 Å². The zero-order valence-electron chi connectivity index (χ0n) is 20.4. The molecule has 3 rings (SSSR count).